The predicted octanol–water partition coefficient (Wildman–Crippen LogP) is 2.32. The van der Waals surface area contributed by atoms with Crippen LogP contribution in [0.3, 0.4) is 0 Å². The summed E-state index contributed by atoms with van der Waals surface area (Å²) in [5.41, 5.74) is 6.21. The highest BCUT2D eigenvalue weighted by Crippen LogP contribution is 2.09. The van der Waals surface area contributed by atoms with Crippen LogP contribution in [-0.4, -0.2) is 30.4 Å². The zero-order valence-electron chi connectivity index (χ0n) is 10.8. The largest absolute Gasteiger partial charge is 0.339 e. The number of amides is 1. The fourth-order valence-corrected chi connectivity index (χ4v) is 1.59. The van der Waals surface area contributed by atoms with Crippen LogP contribution >= 0.6 is 0 Å². The van der Waals surface area contributed by atoms with E-state index in [9.17, 15) is 4.79 Å². The van der Waals surface area contributed by atoms with Crippen molar-refractivity contribution >= 4 is 5.91 Å². The van der Waals surface area contributed by atoms with Gasteiger partial charge in [0.25, 0.3) is 0 Å². The molecule has 0 aromatic heterocycles. The minimum atomic E-state index is 0.115. The van der Waals surface area contributed by atoms with Crippen LogP contribution in [0.25, 0.3) is 0 Å². The van der Waals surface area contributed by atoms with Gasteiger partial charge < -0.3 is 10.6 Å². The average molecular weight is 226 g/mol. The van der Waals surface area contributed by atoms with Crippen molar-refractivity contribution in [2.45, 2.75) is 46.0 Å². The van der Waals surface area contributed by atoms with Gasteiger partial charge in [0.05, 0.1) is 0 Å². The van der Waals surface area contributed by atoms with Crippen molar-refractivity contribution in [3.8, 4) is 0 Å². The van der Waals surface area contributed by atoms with E-state index in [4.69, 9.17) is 5.73 Å². The third-order valence-corrected chi connectivity index (χ3v) is 2.55. The highest BCUT2D eigenvalue weighted by Gasteiger charge is 2.14. The second-order valence-corrected chi connectivity index (χ2v) is 4.14. The molecule has 0 spiro atoms. The Hall–Kier alpha value is -0.830. The van der Waals surface area contributed by atoms with Gasteiger partial charge in [0, 0.05) is 18.7 Å². The van der Waals surface area contributed by atoms with Gasteiger partial charge in [-0.3, -0.25) is 4.79 Å². The molecule has 16 heavy (non-hydrogen) atoms. The minimum Gasteiger partial charge on any atom is -0.339 e. The van der Waals surface area contributed by atoms with Crippen molar-refractivity contribution in [1.82, 2.24) is 4.90 Å². The van der Waals surface area contributed by atoms with Crippen molar-refractivity contribution in [2.75, 3.05) is 19.6 Å². The third-order valence-electron chi connectivity index (χ3n) is 2.55. The molecule has 0 bridgehead atoms. The first kappa shape index (κ1) is 15.2. The van der Waals surface area contributed by atoms with Crippen LogP contribution in [0.5, 0.6) is 0 Å². The van der Waals surface area contributed by atoms with E-state index in [0.717, 1.165) is 50.8 Å². The topological polar surface area (TPSA) is 46.3 Å². The fourth-order valence-electron chi connectivity index (χ4n) is 1.59. The van der Waals surface area contributed by atoms with Crippen molar-refractivity contribution in [2.24, 2.45) is 5.73 Å². The first-order chi connectivity index (χ1) is 7.67. The zero-order valence-corrected chi connectivity index (χ0v) is 10.8. The minimum absolute atomic E-state index is 0.115. The molecule has 0 heterocycles. The van der Waals surface area contributed by atoms with Gasteiger partial charge in [-0.25, -0.2) is 0 Å². The van der Waals surface area contributed by atoms with E-state index in [1.165, 1.54) is 0 Å². The fraction of sp³-hybridized carbons (Fsp3) is 0.769. The Morgan fingerprint density at radius 3 is 2.38 bits per heavy atom. The Morgan fingerprint density at radius 1 is 1.19 bits per heavy atom. The zero-order chi connectivity index (χ0) is 12.4. The van der Waals surface area contributed by atoms with Crippen LogP contribution in [0.2, 0.25) is 0 Å². The number of carbonyl (C=O) groups excluding carboxylic acids is 1. The van der Waals surface area contributed by atoms with Crippen molar-refractivity contribution in [3.63, 3.8) is 0 Å². The summed E-state index contributed by atoms with van der Waals surface area (Å²) in [6.45, 7) is 10.3. The molecule has 1 amide bonds. The maximum atomic E-state index is 12.0. The summed E-state index contributed by atoms with van der Waals surface area (Å²) in [4.78, 5) is 13.9. The van der Waals surface area contributed by atoms with E-state index in [0.29, 0.717) is 6.54 Å². The monoisotopic (exact) mass is 226 g/mol. The predicted molar refractivity (Wildman–Crippen MR) is 69.2 cm³/mol. The molecule has 3 nitrogen and oxygen atoms in total. The second kappa shape index (κ2) is 9.40. The van der Waals surface area contributed by atoms with Crippen LogP contribution in [0.4, 0.5) is 0 Å². The Morgan fingerprint density at radius 2 is 1.88 bits per heavy atom. The summed E-state index contributed by atoms with van der Waals surface area (Å²) in [6.07, 6.45) is 4.81. The van der Waals surface area contributed by atoms with Gasteiger partial charge in [0.1, 0.15) is 0 Å². The van der Waals surface area contributed by atoms with Crippen molar-refractivity contribution in [1.29, 1.82) is 0 Å². The average Bonchev–Trinajstić information content (AvgIpc) is 2.30. The summed E-state index contributed by atoms with van der Waals surface area (Å²) in [5, 5.41) is 0. The maximum Gasteiger partial charge on any atom is 0.249 e. The van der Waals surface area contributed by atoms with E-state index in [1.807, 2.05) is 4.90 Å². The number of nitrogens with two attached hydrogens (primary N) is 1. The molecule has 0 aromatic rings. The van der Waals surface area contributed by atoms with Crippen molar-refractivity contribution < 1.29 is 4.79 Å². The first-order valence-electron chi connectivity index (χ1n) is 6.34. The van der Waals surface area contributed by atoms with Gasteiger partial charge >= 0.3 is 0 Å². The van der Waals surface area contributed by atoms with E-state index in [-0.39, 0.29) is 5.91 Å². The molecule has 3 heteroatoms. The summed E-state index contributed by atoms with van der Waals surface area (Å²) in [7, 11) is 0. The van der Waals surface area contributed by atoms with Crippen LogP contribution in [0.15, 0.2) is 12.2 Å². The Bertz CT molecular complexity index is 214. The molecule has 0 rings (SSSR count). The number of hydrogen-bond acceptors (Lipinski definition) is 2. The lowest BCUT2D eigenvalue weighted by atomic mass is 10.1. The van der Waals surface area contributed by atoms with Crippen LogP contribution < -0.4 is 5.73 Å². The molecule has 0 unspecified atom stereocenters. The van der Waals surface area contributed by atoms with Gasteiger partial charge in [-0.1, -0.05) is 26.8 Å². The highest BCUT2D eigenvalue weighted by molar-refractivity contribution is 5.92. The lowest BCUT2D eigenvalue weighted by Gasteiger charge is -2.22. The molecule has 2 N–H and O–H groups in total. The molecule has 0 saturated heterocycles. The maximum absolute atomic E-state index is 12.0. The molecule has 0 aliphatic heterocycles. The van der Waals surface area contributed by atoms with Gasteiger partial charge in [-0.2, -0.15) is 0 Å². The molecule has 0 aliphatic carbocycles. The third kappa shape index (κ3) is 5.91. The van der Waals surface area contributed by atoms with Gasteiger partial charge in [-0.05, 0) is 32.2 Å². The van der Waals surface area contributed by atoms with Gasteiger partial charge in [-0.15, -0.1) is 0 Å². The SMILES string of the molecule is C=C(CCCC)C(=O)N(CCC)CCCN. The van der Waals surface area contributed by atoms with E-state index in [1.54, 1.807) is 0 Å². The highest BCUT2D eigenvalue weighted by atomic mass is 16.2. The summed E-state index contributed by atoms with van der Waals surface area (Å²) in [6, 6.07) is 0. The lowest BCUT2D eigenvalue weighted by molar-refractivity contribution is -0.127. The normalized spacial score (nSPS) is 10.2. The Kier molecular flexibility index (Phi) is 8.91. The summed E-state index contributed by atoms with van der Waals surface area (Å²) < 4.78 is 0. The summed E-state index contributed by atoms with van der Waals surface area (Å²) >= 11 is 0. The van der Waals surface area contributed by atoms with E-state index >= 15 is 0 Å². The quantitative estimate of drug-likeness (QED) is 0.613. The molecule has 0 atom stereocenters. The molecular weight excluding hydrogens is 200 g/mol. The molecule has 0 saturated carbocycles. The van der Waals surface area contributed by atoms with E-state index in [2.05, 4.69) is 20.4 Å². The molecule has 0 radical (unpaired) electrons. The number of carbonyl (C=O) groups is 1. The lowest BCUT2D eigenvalue weighted by Crippen LogP contribution is -2.34. The summed E-state index contributed by atoms with van der Waals surface area (Å²) in [5.74, 6) is 0.115. The standard InChI is InChI=1S/C13H26N2O/c1-4-6-8-12(3)13(16)15(10-5-2)11-7-9-14/h3-11,14H2,1-2H3. The van der Waals surface area contributed by atoms with Crippen LogP contribution in [-0.2, 0) is 4.79 Å². The Labute approximate surface area is 99.7 Å². The van der Waals surface area contributed by atoms with Gasteiger partial charge in [0.15, 0.2) is 0 Å². The number of hydrogen-bond donors (Lipinski definition) is 1. The molecule has 0 fully saturated rings. The number of unbranched alkanes of at least 4 members (excludes halogenated alkanes) is 1. The molecule has 94 valence electrons. The molecule has 0 aromatic carbocycles. The smallest absolute Gasteiger partial charge is 0.249 e. The number of nitrogens with zero attached hydrogens (tertiary/aromatic N) is 1. The molecular formula is C13H26N2O. The molecule has 0 aliphatic rings. The Balaban J connectivity index is 4.18. The van der Waals surface area contributed by atoms with Gasteiger partial charge in [0.2, 0.25) is 5.91 Å². The number of rotatable bonds is 9. The second-order valence-electron chi connectivity index (χ2n) is 4.14. The van der Waals surface area contributed by atoms with Crippen molar-refractivity contribution in [3.05, 3.63) is 12.2 Å². The van der Waals surface area contributed by atoms with Crippen LogP contribution in [0, 0.1) is 0 Å². The first-order valence-corrected chi connectivity index (χ1v) is 6.34. The van der Waals surface area contributed by atoms with Crippen LogP contribution in [0.1, 0.15) is 46.0 Å². The van der Waals surface area contributed by atoms with E-state index < -0.39 is 0 Å².